The van der Waals surface area contributed by atoms with Crippen LogP contribution < -0.4 is 0 Å². The Bertz CT molecular complexity index is 439. The summed E-state index contributed by atoms with van der Waals surface area (Å²) in [6.45, 7) is 9.83. The van der Waals surface area contributed by atoms with Gasteiger partial charge >= 0.3 is 6.09 Å². The van der Waals surface area contributed by atoms with Crippen LogP contribution in [0.25, 0.3) is 0 Å². The lowest BCUT2D eigenvalue weighted by Crippen LogP contribution is -2.48. The van der Waals surface area contributed by atoms with E-state index in [-0.39, 0.29) is 12.0 Å². The summed E-state index contributed by atoms with van der Waals surface area (Å²) in [5.41, 5.74) is 0. The van der Waals surface area contributed by atoms with E-state index in [1.807, 2.05) is 20.8 Å². The van der Waals surface area contributed by atoms with Gasteiger partial charge in [-0.15, -0.1) is 10.2 Å². The van der Waals surface area contributed by atoms with Crippen molar-refractivity contribution in [1.29, 1.82) is 0 Å². The first kappa shape index (κ1) is 14.8. The van der Waals surface area contributed by atoms with E-state index in [1.54, 1.807) is 4.90 Å². The van der Waals surface area contributed by atoms with Gasteiger partial charge in [0.1, 0.15) is 0 Å². The Kier molecular flexibility index (Phi) is 4.94. The first-order valence-electron chi connectivity index (χ1n) is 7.06. The van der Waals surface area contributed by atoms with Crippen molar-refractivity contribution in [2.24, 2.45) is 0 Å². The average molecular weight is 282 g/mol. The number of carbonyl (C=O) groups excluding carboxylic acids is 1. The number of hydrogen-bond acceptors (Lipinski definition) is 6. The van der Waals surface area contributed by atoms with Crippen LogP contribution in [0.2, 0.25) is 0 Å². The molecule has 0 unspecified atom stereocenters. The van der Waals surface area contributed by atoms with Crippen molar-refractivity contribution in [1.82, 2.24) is 20.0 Å². The van der Waals surface area contributed by atoms with E-state index >= 15 is 0 Å². The molecule has 7 heteroatoms. The van der Waals surface area contributed by atoms with Crippen LogP contribution in [0.3, 0.4) is 0 Å². The molecule has 0 radical (unpaired) electrons. The van der Waals surface area contributed by atoms with Crippen LogP contribution in [0.15, 0.2) is 4.42 Å². The normalized spacial score (nSPS) is 16.7. The standard InChI is InChI=1S/C13H22N4O3/c1-4-19-13(18)17-7-5-16(6-8-17)9-11-14-15-12(20-11)10(2)3/h10H,4-9H2,1-3H3. The molecule has 0 bridgehead atoms. The van der Waals surface area contributed by atoms with E-state index in [0.29, 0.717) is 38.0 Å². The van der Waals surface area contributed by atoms with Crippen LogP contribution in [0, 0.1) is 0 Å². The largest absolute Gasteiger partial charge is 0.450 e. The third-order valence-corrected chi connectivity index (χ3v) is 3.23. The minimum atomic E-state index is -0.230. The molecule has 1 aromatic rings. The Labute approximate surface area is 118 Å². The predicted octanol–water partition coefficient (Wildman–Crippen LogP) is 1.47. The van der Waals surface area contributed by atoms with Gasteiger partial charge in [-0.05, 0) is 6.92 Å². The van der Waals surface area contributed by atoms with E-state index in [1.165, 1.54) is 0 Å². The fourth-order valence-corrected chi connectivity index (χ4v) is 2.06. The molecule has 0 aromatic carbocycles. The number of piperazine rings is 1. The van der Waals surface area contributed by atoms with Crippen LogP contribution in [-0.4, -0.2) is 58.9 Å². The molecule has 1 aromatic heterocycles. The molecule has 0 spiro atoms. The molecule has 1 saturated heterocycles. The summed E-state index contributed by atoms with van der Waals surface area (Å²) < 4.78 is 10.6. The lowest BCUT2D eigenvalue weighted by molar-refractivity contribution is 0.0754. The van der Waals surface area contributed by atoms with Gasteiger partial charge < -0.3 is 14.1 Å². The van der Waals surface area contributed by atoms with E-state index in [9.17, 15) is 4.79 Å². The van der Waals surface area contributed by atoms with Gasteiger partial charge in [0.2, 0.25) is 11.8 Å². The maximum atomic E-state index is 11.6. The highest BCUT2D eigenvalue weighted by atomic mass is 16.6. The minimum absolute atomic E-state index is 0.230. The van der Waals surface area contributed by atoms with Crippen molar-refractivity contribution >= 4 is 6.09 Å². The van der Waals surface area contributed by atoms with Crippen LogP contribution >= 0.6 is 0 Å². The average Bonchev–Trinajstić information content (AvgIpc) is 2.88. The van der Waals surface area contributed by atoms with E-state index in [2.05, 4.69) is 15.1 Å². The van der Waals surface area contributed by atoms with E-state index in [4.69, 9.17) is 9.15 Å². The molecule has 7 nitrogen and oxygen atoms in total. The number of rotatable bonds is 4. The van der Waals surface area contributed by atoms with Gasteiger partial charge in [-0.1, -0.05) is 13.8 Å². The topological polar surface area (TPSA) is 71.7 Å². The SMILES string of the molecule is CCOC(=O)N1CCN(Cc2nnc(C(C)C)o2)CC1. The molecule has 1 aliphatic heterocycles. The maximum Gasteiger partial charge on any atom is 0.409 e. The molecule has 112 valence electrons. The molecule has 1 aliphatic rings. The third kappa shape index (κ3) is 3.69. The highest BCUT2D eigenvalue weighted by Crippen LogP contribution is 2.14. The summed E-state index contributed by atoms with van der Waals surface area (Å²) in [6, 6.07) is 0. The Hall–Kier alpha value is -1.63. The molecule has 1 fully saturated rings. The number of amides is 1. The summed E-state index contributed by atoms with van der Waals surface area (Å²) in [6.07, 6.45) is -0.230. The van der Waals surface area contributed by atoms with Crippen molar-refractivity contribution in [3.63, 3.8) is 0 Å². The zero-order chi connectivity index (χ0) is 14.5. The molecular weight excluding hydrogens is 260 g/mol. The van der Waals surface area contributed by atoms with Crippen molar-refractivity contribution < 1.29 is 13.9 Å². The molecule has 2 rings (SSSR count). The third-order valence-electron chi connectivity index (χ3n) is 3.23. The molecule has 20 heavy (non-hydrogen) atoms. The number of aromatic nitrogens is 2. The smallest absolute Gasteiger partial charge is 0.409 e. The van der Waals surface area contributed by atoms with Crippen molar-refractivity contribution in [3.8, 4) is 0 Å². The van der Waals surface area contributed by atoms with Crippen molar-refractivity contribution in [3.05, 3.63) is 11.8 Å². The predicted molar refractivity (Wildman–Crippen MR) is 72.3 cm³/mol. The van der Waals surface area contributed by atoms with Gasteiger partial charge in [-0.2, -0.15) is 0 Å². The lowest BCUT2D eigenvalue weighted by Gasteiger charge is -2.33. The number of hydrogen-bond donors (Lipinski definition) is 0. The van der Waals surface area contributed by atoms with Gasteiger partial charge in [0.15, 0.2) is 0 Å². The summed E-state index contributed by atoms with van der Waals surface area (Å²) in [5.74, 6) is 1.56. The number of ether oxygens (including phenoxy) is 1. The Morgan fingerprint density at radius 3 is 2.55 bits per heavy atom. The molecule has 0 N–H and O–H groups in total. The first-order chi connectivity index (χ1) is 9.60. The van der Waals surface area contributed by atoms with Crippen molar-refractivity contribution in [2.45, 2.75) is 33.2 Å². The Morgan fingerprint density at radius 2 is 2.00 bits per heavy atom. The second-order valence-electron chi connectivity index (χ2n) is 5.15. The highest BCUT2D eigenvalue weighted by Gasteiger charge is 2.23. The molecule has 0 atom stereocenters. The zero-order valence-corrected chi connectivity index (χ0v) is 12.3. The van der Waals surface area contributed by atoms with Gasteiger partial charge in [-0.25, -0.2) is 4.79 Å². The summed E-state index contributed by atoms with van der Waals surface area (Å²) in [5, 5.41) is 8.07. The van der Waals surface area contributed by atoms with Crippen LogP contribution in [0.4, 0.5) is 4.79 Å². The van der Waals surface area contributed by atoms with Gasteiger partial charge in [0.25, 0.3) is 0 Å². The first-order valence-corrected chi connectivity index (χ1v) is 7.06. The Balaban J connectivity index is 1.80. The summed E-state index contributed by atoms with van der Waals surface area (Å²) in [7, 11) is 0. The second-order valence-corrected chi connectivity index (χ2v) is 5.15. The van der Waals surface area contributed by atoms with Crippen molar-refractivity contribution in [2.75, 3.05) is 32.8 Å². The van der Waals surface area contributed by atoms with E-state index < -0.39 is 0 Å². The molecule has 1 amide bonds. The van der Waals surface area contributed by atoms with Gasteiger partial charge in [0.05, 0.1) is 13.2 Å². The lowest BCUT2D eigenvalue weighted by atomic mass is 10.2. The fourth-order valence-electron chi connectivity index (χ4n) is 2.06. The fraction of sp³-hybridized carbons (Fsp3) is 0.769. The second kappa shape index (κ2) is 6.69. The van der Waals surface area contributed by atoms with Gasteiger partial charge in [-0.3, -0.25) is 4.90 Å². The van der Waals surface area contributed by atoms with E-state index in [0.717, 1.165) is 13.1 Å². The summed E-state index contributed by atoms with van der Waals surface area (Å²) in [4.78, 5) is 15.5. The Morgan fingerprint density at radius 1 is 1.30 bits per heavy atom. The molecule has 0 aliphatic carbocycles. The number of carbonyl (C=O) groups is 1. The van der Waals surface area contributed by atoms with Gasteiger partial charge in [0, 0.05) is 32.1 Å². The monoisotopic (exact) mass is 282 g/mol. The minimum Gasteiger partial charge on any atom is -0.450 e. The molecular formula is C13H22N4O3. The molecule has 0 saturated carbocycles. The maximum absolute atomic E-state index is 11.6. The quantitative estimate of drug-likeness (QED) is 0.832. The zero-order valence-electron chi connectivity index (χ0n) is 12.3. The highest BCUT2D eigenvalue weighted by molar-refractivity contribution is 5.67. The summed E-state index contributed by atoms with van der Waals surface area (Å²) >= 11 is 0. The van der Waals surface area contributed by atoms with Crippen LogP contribution in [-0.2, 0) is 11.3 Å². The number of nitrogens with zero attached hydrogens (tertiary/aromatic N) is 4. The van der Waals surface area contributed by atoms with Crippen LogP contribution in [0.1, 0.15) is 38.5 Å². The van der Waals surface area contributed by atoms with Crippen LogP contribution in [0.5, 0.6) is 0 Å². The molecule has 2 heterocycles.